The van der Waals surface area contributed by atoms with Crippen LogP contribution in [0.25, 0.3) is 0 Å². The van der Waals surface area contributed by atoms with E-state index in [1.165, 1.54) is 0 Å². The third-order valence-corrected chi connectivity index (χ3v) is 2.03. The van der Waals surface area contributed by atoms with Gasteiger partial charge in [0.25, 0.3) is 0 Å². The van der Waals surface area contributed by atoms with Gasteiger partial charge < -0.3 is 5.32 Å². The topological polar surface area (TPSA) is 73.6 Å². The minimum Gasteiger partial charge on any atom is -0.367 e. The molecular formula is C10H15N5. The molecule has 5 nitrogen and oxygen atoms in total. The molecule has 0 aliphatic carbocycles. The molecule has 80 valence electrons. The van der Waals surface area contributed by atoms with E-state index in [2.05, 4.69) is 34.4 Å². The Kier molecular flexibility index (Phi) is 3.86. The summed E-state index contributed by atoms with van der Waals surface area (Å²) in [6.07, 6.45) is 2.86. The Hall–Kier alpha value is -1.83. The van der Waals surface area contributed by atoms with Crippen molar-refractivity contribution in [2.24, 2.45) is 0 Å². The molecule has 0 aliphatic heterocycles. The van der Waals surface area contributed by atoms with Crippen molar-refractivity contribution >= 4 is 11.6 Å². The predicted molar refractivity (Wildman–Crippen MR) is 59.4 cm³/mol. The molecule has 5 heteroatoms. The van der Waals surface area contributed by atoms with E-state index in [-0.39, 0.29) is 0 Å². The molecule has 2 N–H and O–H groups in total. The second kappa shape index (κ2) is 5.15. The molecule has 0 amide bonds. The summed E-state index contributed by atoms with van der Waals surface area (Å²) < 4.78 is 0. The van der Waals surface area contributed by atoms with Crippen LogP contribution in [0.2, 0.25) is 0 Å². The van der Waals surface area contributed by atoms with Gasteiger partial charge in [0.1, 0.15) is 17.5 Å². The molecule has 0 saturated heterocycles. The lowest BCUT2D eigenvalue weighted by Crippen LogP contribution is -2.15. The Labute approximate surface area is 89.6 Å². The summed E-state index contributed by atoms with van der Waals surface area (Å²) in [5, 5.41) is 14.2. The van der Waals surface area contributed by atoms with Gasteiger partial charge in [0.15, 0.2) is 6.19 Å². The lowest BCUT2D eigenvalue weighted by Gasteiger charge is -2.12. The van der Waals surface area contributed by atoms with Gasteiger partial charge >= 0.3 is 0 Å². The third kappa shape index (κ3) is 3.43. The van der Waals surface area contributed by atoms with Crippen LogP contribution in [0.1, 0.15) is 26.1 Å². The van der Waals surface area contributed by atoms with Crippen molar-refractivity contribution in [2.45, 2.75) is 33.2 Å². The van der Waals surface area contributed by atoms with E-state index < -0.39 is 0 Å². The zero-order valence-electron chi connectivity index (χ0n) is 9.20. The van der Waals surface area contributed by atoms with Crippen LogP contribution in [0.3, 0.4) is 0 Å². The highest BCUT2D eigenvalue weighted by Gasteiger charge is 2.03. The molecule has 0 bridgehead atoms. The fraction of sp³-hybridized carbons (Fsp3) is 0.500. The average molecular weight is 205 g/mol. The summed E-state index contributed by atoms with van der Waals surface area (Å²) >= 11 is 0. The first-order chi connectivity index (χ1) is 7.15. The van der Waals surface area contributed by atoms with Crippen LogP contribution in [-0.2, 0) is 0 Å². The molecule has 15 heavy (non-hydrogen) atoms. The van der Waals surface area contributed by atoms with Crippen LogP contribution in [0.4, 0.5) is 11.6 Å². The van der Waals surface area contributed by atoms with Gasteiger partial charge in [-0.25, -0.2) is 9.97 Å². The Balaban J connectivity index is 2.84. The molecule has 0 radical (unpaired) electrons. The van der Waals surface area contributed by atoms with Crippen LogP contribution in [-0.4, -0.2) is 16.0 Å². The molecular weight excluding hydrogens is 190 g/mol. The van der Waals surface area contributed by atoms with E-state index in [0.717, 1.165) is 12.2 Å². The largest absolute Gasteiger partial charge is 0.367 e. The molecule has 1 unspecified atom stereocenters. The molecule has 1 aromatic rings. The number of nitrogens with zero attached hydrogens (tertiary/aromatic N) is 3. The lowest BCUT2D eigenvalue weighted by molar-refractivity contribution is 0.757. The van der Waals surface area contributed by atoms with Gasteiger partial charge in [-0.15, -0.1) is 0 Å². The Morgan fingerprint density at radius 3 is 2.73 bits per heavy atom. The monoisotopic (exact) mass is 205 g/mol. The molecule has 0 aromatic carbocycles. The van der Waals surface area contributed by atoms with Crippen LogP contribution >= 0.6 is 0 Å². The first-order valence-corrected chi connectivity index (χ1v) is 4.93. The van der Waals surface area contributed by atoms with E-state index in [1.54, 1.807) is 13.0 Å². The van der Waals surface area contributed by atoms with Crippen LogP contribution in [0.15, 0.2) is 6.07 Å². The molecule has 1 heterocycles. The second-order valence-corrected chi connectivity index (χ2v) is 3.38. The highest BCUT2D eigenvalue weighted by Crippen LogP contribution is 2.12. The van der Waals surface area contributed by atoms with Crippen LogP contribution in [0.5, 0.6) is 0 Å². The van der Waals surface area contributed by atoms with Gasteiger partial charge in [-0.1, -0.05) is 6.92 Å². The van der Waals surface area contributed by atoms with Gasteiger partial charge in [-0.2, -0.15) is 5.26 Å². The van der Waals surface area contributed by atoms with Crippen molar-refractivity contribution in [1.82, 2.24) is 9.97 Å². The number of hydrogen-bond donors (Lipinski definition) is 2. The maximum Gasteiger partial charge on any atom is 0.182 e. The van der Waals surface area contributed by atoms with Gasteiger partial charge in [0.05, 0.1) is 0 Å². The Morgan fingerprint density at radius 1 is 1.47 bits per heavy atom. The zero-order valence-corrected chi connectivity index (χ0v) is 9.20. The number of anilines is 2. The minimum absolute atomic E-state index is 0.356. The summed E-state index contributed by atoms with van der Waals surface area (Å²) in [6, 6.07) is 2.08. The van der Waals surface area contributed by atoms with Gasteiger partial charge in [-0.05, 0) is 20.3 Å². The molecule has 0 spiro atoms. The molecule has 1 atom stereocenters. The van der Waals surface area contributed by atoms with E-state index in [0.29, 0.717) is 17.7 Å². The van der Waals surface area contributed by atoms with E-state index in [4.69, 9.17) is 5.26 Å². The fourth-order valence-corrected chi connectivity index (χ4v) is 1.12. The third-order valence-electron chi connectivity index (χ3n) is 2.03. The normalized spacial score (nSPS) is 11.6. The van der Waals surface area contributed by atoms with Crippen LogP contribution in [0, 0.1) is 18.4 Å². The maximum absolute atomic E-state index is 8.49. The number of rotatable bonds is 4. The summed E-state index contributed by atoms with van der Waals surface area (Å²) in [6.45, 7) is 5.97. The molecule has 1 rings (SSSR count). The fourth-order valence-electron chi connectivity index (χ4n) is 1.12. The molecule has 0 fully saturated rings. The SMILES string of the molecule is CCC(C)Nc1cc(NC#N)nc(C)n1. The van der Waals surface area contributed by atoms with Crippen molar-refractivity contribution in [3.05, 3.63) is 11.9 Å². The smallest absolute Gasteiger partial charge is 0.182 e. The number of hydrogen-bond acceptors (Lipinski definition) is 5. The van der Waals surface area contributed by atoms with E-state index in [1.807, 2.05) is 6.19 Å². The Morgan fingerprint density at radius 2 is 2.13 bits per heavy atom. The van der Waals surface area contributed by atoms with Crippen LogP contribution < -0.4 is 10.6 Å². The number of aryl methyl sites for hydroxylation is 1. The molecule has 0 saturated carbocycles. The predicted octanol–water partition coefficient (Wildman–Crippen LogP) is 1.89. The molecule has 1 aromatic heterocycles. The van der Waals surface area contributed by atoms with Gasteiger partial charge in [-0.3, -0.25) is 5.32 Å². The summed E-state index contributed by atoms with van der Waals surface area (Å²) in [4.78, 5) is 8.30. The average Bonchev–Trinajstić information content (AvgIpc) is 2.17. The van der Waals surface area contributed by atoms with Crippen molar-refractivity contribution in [1.29, 1.82) is 5.26 Å². The maximum atomic E-state index is 8.49. The van der Waals surface area contributed by atoms with Crippen molar-refractivity contribution in [3.63, 3.8) is 0 Å². The summed E-state index contributed by atoms with van der Waals surface area (Å²) in [5.41, 5.74) is 0. The minimum atomic E-state index is 0.356. The van der Waals surface area contributed by atoms with E-state index >= 15 is 0 Å². The Bertz CT molecular complexity index is 369. The number of nitrogens with one attached hydrogen (secondary N) is 2. The standard InChI is InChI=1S/C10H15N5/c1-4-7(2)13-10-5-9(12-6-11)14-8(3)15-10/h5,7H,4H2,1-3H3,(H2,12,13,14,15). The zero-order chi connectivity index (χ0) is 11.3. The van der Waals surface area contributed by atoms with E-state index in [9.17, 15) is 0 Å². The highest BCUT2D eigenvalue weighted by molar-refractivity contribution is 5.49. The molecule has 0 aliphatic rings. The van der Waals surface area contributed by atoms with Crippen molar-refractivity contribution in [3.8, 4) is 6.19 Å². The first-order valence-electron chi connectivity index (χ1n) is 4.93. The second-order valence-electron chi connectivity index (χ2n) is 3.38. The summed E-state index contributed by atoms with van der Waals surface area (Å²) in [5.74, 6) is 1.91. The lowest BCUT2D eigenvalue weighted by atomic mass is 10.2. The van der Waals surface area contributed by atoms with Gasteiger partial charge in [0.2, 0.25) is 0 Å². The number of nitriles is 1. The highest BCUT2D eigenvalue weighted by atomic mass is 15.1. The quantitative estimate of drug-likeness (QED) is 0.580. The van der Waals surface area contributed by atoms with Crippen molar-refractivity contribution < 1.29 is 0 Å². The summed E-state index contributed by atoms with van der Waals surface area (Å²) in [7, 11) is 0. The van der Waals surface area contributed by atoms with Gasteiger partial charge in [0, 0.05) is 12.1 Å². The first kappa shape index (κ1) is 11.2. The van der Waals surface area contributed by atoms with Crippen molar-refractivity contribution in [2.75, 3.05) is 10.6 Å². The number of aromatic nitrogens is 2.